The van der Waals surface area contributed by atoms with Gasteiger partial charge in [-0.15, -0.1) is 0 Å². The van der Waals surface area contributed by atoms with E-state index in [1.807, 2.05) is 37.3 Å². The Morgan fingerprint density at radius 1 is 1.23 bits per heavy atom. The zero-order valence-electron chi connectivity index (χ0n) is 19.3. The molecule has 0 saturated heterocycles. The van der Waals surface area contributed by atoms with Crippen LogP contribution in [0.5, 0.6) is 0 Å². The van der Waals surface area contributed by atoms with Gasteiger partial charge in [0.15, 0.2) is 0 Å². The van der Waals surface area contributed by atoms with Crippen LogP contribution in [-0.4, -0.2) is 17.5 Å². The van der Waals surface area contributed by atoms with Crippen LogP contribution in [0.1, 0.15) is 58.2 Å². The van der Waals surface area contributed by atoms with Crippen molar-refractivity contribution < 1.29 is 4.79 Å². The molecule has 160 valence electrons. The van der Waals surface area contributed by atoms with Crippen LogP contribution in [0.2, 0.25) is 0 Å². The van der Waals surface area contributed by atoms with E-state index in [1.165, 1.54) is 11.3 Å². The summed E-state index contributed by atoms with van der Waals surface area (Å²) in [5.74, 6) is -0.390. The van der Waals surface area contributed by atoms with Crippen LogP contribution in [0, 0.1) is 11.3 Å². The fraction of sp³-hybridized carbons (Fsp3) is 0.333. The van der Waals surface area contributed by atoms with E-state index in [-0.39, 0.29) is 11.1 Å². The number of carbonyl (C=O) groups is 1. The molecule has 0 saturated carbocycles. The summed E-state index contributed by atoms with van der Waals surface area (Å²) < 4.78 is 0. The van der Waals surface area contributed by atoms with Crippen LogP contribution in [0.3, 0.4) is 0 Å². The Balaban J connectivity index is 1.95. The number of aryl methyl sites for hydroxylation is 1. The number of fused-ring (bicyclic) bond motifs is 1. The molecule has 0 atom stereocenters. The average Bonchev–Trinajstić information content (AvgIpc) is 2.71. The third-order valence-electron chi connectivity index (χ3n) is 5.73. The first kappa shape index (κ1) is 22.4. The summed E-state index contributed by atoms with van der Waals surface area (Å²) in [5.41, 5.74) is 6.15. The number of nitrogens with zero attached hydrogens (tertiary/aromatic N) is 2. The van der Waals surface area contributed by atoms with Gasteiger partial charge in [-0.3, -0.25) is 4.79 Å². The van der Waals surface area contributed by atoms with Gasteiger partial charge in [0.25, 0.3) is 5.91 Å². The third kappa shape index (κ3) is 4.56. The normalized spacial score (nSPS) is 15.2. The molecule has 0 unspecified atom stereocenters. The number of amides is 1. The van der Waals surface area contributed by atoms with Crippen LogP contribution in [0.4, 0.5) is 11.4 Å². The maximum Gasteiger partial charge on any atom is 0.266 e. The van der Waals surface area contributed by atoms with E-state index in [4.69, 9.17) is 0 Å². The largest absolute Gasteiger partial charge is 0.360 e. The van der Waals surface area contributed by atoms with Gasteiger partial charge in [-0.2, -0.15) is 5.26 Å². The van der Waals surface area contributed by atoms with E-state index in [0.29, 0.717) is 6.04 Å². The van der Waals surface area contributed by atoms with Gasteiger partial charge in [0.2, 0.25) is 0 Å². The molecule has 0 spiro atoms. The van der Waals surface area contributed by atoms with Gasteiger partial charge >= 0.3 is 0 Å². The van der Waals surface area contributed by atoms with Gasteiger partial charge in [-0.25, -0.2) is 0 Å². The van der Waals surface area contributed by atoms with Gasteiger partial charge in [0.05, 0.1) is 5.54 Å². The molecule has 2 aromatic rings. The van der Waals surface area contributed by atoms with Crippen molar-refractivity contribution in [3.05, 3.63) is 70.8 Å². The van der Waals surface area contributed by atoms with Gasteiger partial charge < -0.3 is 10.2 Å². The van der Waals surface area contributed by atoms with Crippen LogP contribution in [-0.2, 0) is 11.2 Å². The highest BCUT2D eigenvalue weighted by Crippen LogP contribution is 2.40. The number of nitrogens with one attached hydrogen (secondary N) is 1. The zero-order valence-corrected chi connectivity index (χ0v) is 19.3. The average molecular weight is 414 g/mol. The number of benzene rings is 2. The van der Waals surface area contributed by atoms with Crippen LogP contribution >= 0.6 is 0 Å². The predicted octanol–water partition coefficient (Wildman–Crippen LogP) is 6.20. The Bertz CT molecular complexity index is 1100. The van der Waals surface area contributed by atoms with Crippen LogP contribution < -0.4 is 10.2 Å². The first-order valence-electron chi connectivity index (χ1n) is 10.8. The summed E-state index contributed by atoms with van der Waals surface area (Å²) in [5, 5.41) is 12.5. The second-order valence-electron chi connectivity index (χ2n) is 8.86. The minimum Gasteiger partial charge on any atom is -0.360 e. The van der Waals surface area contributed by atoms with Gasteiger partial charge in [-0.05, 0) is 82.0 Å². The molecule has 3 rings (SSSR count). The Labute approximate surface area is 185 Å². The minimum absolute atomic E-state index is 0.0764. The molecule has 0 radical (unpaired) electrons. The molecule has 31 heavy (non-hydrogen) atoms. The molecule has 1 N–H and O–H groups in total. The molecule has 0 aliphatic carbocycles. The number of allylic oxidation sites excluding steroid dienone is 1. The van der Waals surface area contributed by atoms with Gasteiger partial charge in [-0.1, -0.05) is 37.3 Å². The van der Waals surface area contributed by atoms with E-state index < -0.39 is 5.91 Å². The molecular formula is C27H31N3O. The molecule has 0 fully saturated rings. The zero-order chi connectivity index (χ0) is 22.8. The number of carbonyl (C=O) groups excluding carboxylic acids is 1. The number of para-hydroxylation sites is 1. The van der Waals surface area contributed by atoms with Gasteiger partial charge in [0.1, 0.15) is 11.6 Å². The standard InChI is InChI=1S/C27H31N3O/c1-7-21-10-8-9-11-24(21)29-26(31)22(17-28)14-20-12-13-25-23(15-20)19(4)16-27(5,6)30(25)18(2)3/h8-16,18H,7H2,1-6H3,(H,29,31)/b22-14-. The molecule has 1 aliphatic heterocycles. The van der Waals surface area contributed by atoms with E-state index in [9.17, 15) is 10.1 Å². The number of hydrogen-bond donors (Lipinski definition) is 1. The number of hydrogen-bond acceptors (Lipinski definition) is 3. The number of rotatable bonds is 5. The Morgan fingerprint density at radius 2 is 1.94 bits per heavy atom. The molecule has 4 nitrogen and oxygen atoms in total. The molecule has 2 aromatic carbocycles. The number of nitriles is 1. The molecule has 4 heteroatoms. The molecule has 0 bridgehead atoms. The SMILES string of the molecule is CCc1ccccc1NC(=O)/C(C#N)=C\c1ccc2c(c1)C(C)=CC(C)(C)N2C(C)C. The second-order valence-corrected chi connectivity index (χ2v) is 8.86. The third-order valence-corrected chi connectivity index (χ3v) is 5.73. The highest BCUT2D eigenvalue weighted by Gasteiger charge is 2.32. The Morgan fingerprint density at radius 3 is 2.58 bits per heavy atom. The van der Waals surface area contributed by atoms with Crippen molar-refractivity contribution in [2.75, 3.05) is 10.2 Å². The lowest BCUT2D eigenvalue weighted by Gasteiger charge is -2.46. The quantitative estimate of drug-likeness (QED) is 0.469. The highest BCUT2D eigenvalue weighted by molar-refractivity contribution is 6.10. The van der Waals surface area contributed by atoms with Crippen molar-refractivity contribution in [1.29, 1.82) is 5.26 Å². The summed E-state index contributed by atoms with van der Waals surface area (Å²) >= 11 is 0. The molecule has 1 amide bonds. The first-order chi connectivity index (χ1) is 14.7. The van der Waals surface area contributed by atoms with E-state index in [0.717, 1.165) is 28.8 Å². The van der Waals surface area contributed by atoms with Crippen molar-refractivity contribution in [3.63, 3.8) is 0 Å². The monoisotopic (exact) mass is 413 g/mol. The molecule has 0 aromatic heterocycles. The lowest BCUT2D eigenvalue weighted by Crippen LogP contribution is -2.49. The summed E-state index contributed by atoms with van der Waals surface area (Å²) in [7, 11) is 0. The van der Waals surface area contributed by atoms with Crippen molar-refractivity contribution in [2.24, 2.45) is 0 Å². The highest BCUT2D eigenvalue weighted by atomic mass is 16.1. The van der Waals surface area contributed by atoms with E-state index >= 15 is 0 Å². The Hall–Kier alpha value is -3.32. The van der Waals surface area contributed by atoms with Crippen molar-refractivity contribution in [3.8, 4) is 6.07 Å². The van der Waals surface area contributed by atoms with Gasteiger partial charge in [0, 0.05) is 23.0 Å². The first-order valence-corrected chi connectivity index (χ1v) is 10.8. The van der Waals surface area contributed by atoms with Crippen molar-refractivity contribution >= 4 is 28.9 Å². The fourth-order valence-electron chi connectivity index (χ4n) is 4.56. The molecular weight excluding hydrogens is 382 g/mol. The van der Waals surface area contributed by atoms with E-state index in [2.05, 4.69) is 69.1 Å². The summed E-state index contributed by atoms with van der Waals surface area (Å²) in [6.45, 7) is 13.0. The predicted molar refractivity (Wildman–Crippen MR) is 130 cm³/mol. The molecule has 1 heterocycles. The fourth-order valence-corrected chi connectivity index (χ4v) is 4.56. The maximum absolute atomic E-state index is 12.8. The van der Waals surface area contributed by atoms with Crippen LogP contribution in [0.15, 0.2) is 54.1 Å². The smallest absolute Gasteiger partial charge is 0.266 e. The Kier molecular flexibility index (Phi) is 6.36. The lowest BCUT2D eigenvalue weighted by atomic mass is 9.87. The maximum atomic E-state index is 12.8. The second kappa shape index (κ2) is 8.81. The lowest BCUT2D eigenvalue weighted by molar-refractivity contribution is -0.112. The summed E-state index contributed by atoms with van der Waals surface area (Å²) in [6.07, 6.45) is 4.75. The van der Waals surface area contributed by atoms with E-state index in [1.54, 1.807) is 6.08 Å². The van der Waals surface area contributed by atoms with Crippen molar-refractivity contribution in [2.45, 2.75) is 59.5 Å². The number of anilines is 2. The summed E-state index contributed by atoms with van der Waals surface area (Å²) in [4.78, 5) is 15.2. The van der Waals surface area contributed by atoms with Crippen molar-refractivity contribution in [1.82, 2.24) is 0 Å². The minimum atomic E-state index is -0.390. The summed E-state index contributed by atoms with van der Waals surface area (Å²) in [6, 6.07) is 16.2. The molecule has 1 aliphatic rings. The topological polar surface area (TPSA) is 56.1 Å². The van der Waals surface area contributed by atoms with Crippen LogP contribution in [0.25, 0.3) is 11.6 Å².